The lowest BCUT2D eigenvalue weighted by Gasteiger charge is -2.33. The number of fused-ring (bicyclic) bond motifs is 11. The minimum Gasteiger partial charge on any atom is -0.371 e. The molecule has 11 rings (SSSR count). The summed E-state index contributed by atoms with van der Waals surface area (Å²) in [5, 5.41) is 10.1. The first kappa shape index (κ1) is 28.4. The van der Waals surface area contributed by atoms with Crippen molar-refractivity contribution in [3.63, 3.8) is 0 Å². The van der Waals surface area contributed by atoms with E-state index in [1.807, 2.05) is 0 Å². The van der Waals surface area contributed by atoms with Gasteiger partial charge in [0.25, 0.3) is 0 Å². The smallest absolute Gasteiger partial charge is 0.0944 e. The van der Waals surface area contributed by atoms with Crippen molar-refractivity contribution < 1.29 is 0 Å². The summed E-state index contributed by atoms with van der Waals surface area (Å²) in [6.07, 6.45) is 16.1. The van der Waals surface area contributed by atoms with Crippen molar-refractivity contribution in [2.75, 3.05) is 0 Å². The van der Waals surface area contributed by atoms with Crippen molar-refractivity contribution in [2.45, 2.75) is 17.9 Å². The van der Waals surface area contributed by atoms with Crippen LogP contribution >= 0.6 is 0 Å². The molecule has 2 heterocycles. The van der Waals surface area contributed by atoms with E-state index in [4.69, 9.17) is 4.99 Å². The summed E-state index contributed by atoms with van der Waals surface area (Å²) in [5.41, 5.74) is 13.0. The van der Waals surface area contributed by atoms with Gasteiger partial charge in [-0.2, -0.15) is 0 Å². The van der Waals surface area contributed by atoms with Crippen LogP contribution in [-0.4, -0.2) is 16.3 Å². The van der Waals surface area contributed by atoms with Crippen molar-refractivity contribution in [1.29, 1.82) is 0 Å². The van der Waals surface area contributed by atoms with Crippen LogP contribution < -0.4 is 5.32 Å². The van der Waals surface area contributed by atoms with Crippen molar-refractivity contribution in [3.8, 4) is 11.3 Å². The molecule has 7 aromatic rings. The Balaban J connectivity index is 1.13. The Hall–Kier alpha value is -6.45. The Kier molecular flexibility index (Phi) is 6.14. The third-order valence-electron chi connectivity index (χ3n) is 11.1. The molecule has 3 atom stereocenters. The highest BCUT2D eigenvalue weighted by Crippen LogP contribution is 2.53. The van der Waals surface area contributed by atoms with Gasteiger partial charge in [0.2, 0.25) is 0 Å². The minimum absolute atomic E-state index is 0.0554. The average Bonchev–Trinajstić information content (AvgIpc) is 3.55. The van der Waals surface area contributed by atoms with Crippen molar-refractivity contribution in [3.05, 3.63) is 198 Å². The predicted octanol–water partition coefficient (Wildman–Crippen LogP) is 11.3. The van der Waals surface area contributed by atoms with Gasteiger partial charge in [-0.05, 0) is 63.0 Å². The fourth-order valence-electron chi connectivity index (χ4n) is 8.78. The number of benzene rings is 6. The van der Waals surface area contributed by atoms with Crippen LogP contribution in [0.1, 0.15) is 34.1 Å². The third kappa shape index (κ3) is 4.34. The summed E-state index contributed by atoms with van der Waals surface area (Å²) in [7, 11) is 0. The van der Waals surface area contributed by atoms with Crippen LogP contribution in [0.3, 0.4) is 0 Å². The van der Waals surface area contributed by atoms with E-state index in [2.05, 4.69) is 186 Å². The lowest BCUT2D eigenvalue weighted by Crippen LogP contribution is -2.38. The molecule has 3 aliphatic carbocycles. The number of nitrogens with zero attached hydrogens (tertiary/aromatic N) is 2. The summed E-state index contributed by atoms with van der Waals surface area (Å²) in [6, 6.07) is 48.4. The first-order valence-corrected chi connectivity index (χ1v) is 17.8. The Morgan fingerprint density at radius 1 is 0.588 bits per heavy atom. The molecule has 1 aliphatic heterocycles. The number of aliphatic imine (C=N–C) groups is 1. The maximum atomic E-state index is 5.55. The topological polar surface area (TPSA) is 29.3 Å². The van der Waals surface area contributed by atoms with Gasteiger partial charge in [-0.1, -0.05) is 146 Å². The molecule has 3 nitrogen and oxygen atoms in total. The molecule has 0 radical (unpaired) electrons. The molecule has 0 fully saturated rings. The molecular weight excluding hydrogens is 619 g/mol. The number of hydrogen-bond donors (Lipinski definition) is 1. The molecule has 0 spiro atoms. The number of allylic oxidation sites excluding steroid dienone is 6. The van der Waals surface area contributed by atoms with Gasteiger partial charge >= 0.3 is 0 Å². The molecule has 0 saturated carbocycles. The van der Waals surface area contributed by atoms with Crippen LogP contribution in [0.4, 0.5) is 0 Å². The fraction of sp³-hybridized carbons (Fsp3) is 0.0625. The number of rotatable bonds is 3. The largest absolute Gasteiger partial charge is 0.371 e. The average molecular weight is 652 g/mol. The highest BCUT2D eigenvalue weighted by atomic mass is 15.0. The third-order valence-corrected chi connectivity index (χ3v) is 11.1. The van der Waals surface area contributed by atoms with E-state index in [9.17, 15) is 0 Å². The maximum absolute atomic E-state index is 5.55. The van der Waals surface area contributed by atoms with E-state index < -0.39 is 0 Å². The van der Waals surface area contributed by atoms with Gasteiger partial charge in [0, 0.05) is 39.6 Å². The Morgan fingerprint density at radius 2 is 1.25 bits per heavy atom. The van der Waals surface area contributed by atoms with Crippen molar-refractivity contribution >= 4 is 55.3 Å². The molecule has 0 amide bonds. The van der Waals surface area contributed by atoms with E-state index in [0.717, 1.165) is 33.9 Å². The summed E-state index contributed by atoms with van der Waals surface area (Å²) in [6.45, 7) is 0. The van der Waals surface area contributed by atoms with E-state index in [-0.39, 0.29) is 12.0 Å². The van der Waals surface area contributed by atoms with Gasteiger partial charge in [-0.3, -0.25) is 0 Å². The SMILES string of the molecule is C1=CC2c3ccccc3-c3c(c4ccccc4n3C3=CC4=NC(c5ccc6ccccc6c5)=C(c5ccc6ccccc6c5)NC4C=C3)C2C=C1. The molecule has 0 saturated heterocycles. The maximum Gasteiger partial charge on any atom is 0.0944 e. The Labute approximate surface area is 296 Å². The lowest BCUT2D eigenvalue weighted by atomic mass is 9.71. The quantitative estimate of drug-likeness (QED) is 0.202. The van der Waals surface area contributed by atoms with Gasteiger partial charge < -0.3 is 9.88 Å². The van der Waals surface area contributed by atoms with Crippen LogP contribution in [0.15, 0.2) is 181 Å². The standard InChI is InChI=1S/C48H33N3/c1-3-13-32-27-34(23-21-30(32)11-1)46-47(35-24-22-31-12-2-4-14-33(31)28-35)50-43-29-36(25-26-42(43)49-46)51-44-20-10-9-19-41(44)45-39-17-7-5-15-37(39)38-16-6-8-18-40(38)48(45)51/h1-29,37,39,42,49H. The normalized spacial score (nSPS) is 20.0. The second kappa shape index (κ2) is 11.0. The summed E-state index contributed by atoms with van der Waals surface area (Å²) in [4.78, 5) is 5.55. The number of para-hydroxylation sites is 1. The molecule has 0 bridgehead atoms. The molecular formula is C48H33N3. The monoisotopic (exact) mass is 651 g/mol. The summed E-state index contributed by atoms with van der Waals surface area (Å²) in [5.74, 6) is 0.612. The van der Waals surface area contributed by atoms with Gasteiger partial charge in [0.1, 0.15) is 0 Å². The molecule has 3 unspecified atom stereocenters. The number of aromatic nitrogens is 1. The summed E-state index contributed by atoms with van der Waals surface area (Å²) >= 11 is 0. The van der Waals surface area contributed by atoms with Crippen molar-refractivity contribution in [1.82, 2.24) is 9.88 Å². The van der Waals surface area contributed by atoms with Crippen LogP contribution in [-0.2, 0) is 0 Å². The second-order valence-corrected chi connectivity index (χ2v) is 14.0. The molecule has 51 heavy (non-hydrogen) atoms. The number of hydrogen-bond acceptors (Lipinski definition) is 2. The lowest BCUT2D eigenvalue weighted by molar-refractivity contribution is 0.722. The van der Waals surface area contributed by atoms with Gasteiger partial charge in [0.15, 0.2) is 0 Å². The van der Waals surface area contributed by atoms with Crippen LogP contribution in [0.5, 0.6) is 0 Å². The minimum atomic E-state index is -0.0554. The molecule has 1 aromatic heterocycles. The van der Waals surface area contributed by atoms with Crippen LogP contribution in [0.2, 0.25) is 0 Å². The zero-order chi connectivity index (χ0) is 33.5. The molecule has 240 valence electrons. The van der Waals surface area contributed by atoms with E-state index in [1.54, 1.807) is 0 Å². The zero-order valence-corrected chi connectivity index (χ0v) is 27.9. The van der Waals surface area contributed by atoms with Crippen LogP contribution in [0.25, 0.3) is 60.8 Å². The Bertz CT molecular complexity index is 2800. The molecule has 1 N–H and O–H groups in total. The van der Waals surface area contributed by atoms with Crippen LogP contribution in [0, 0.1) is 0 Å². The number of nitrogens with one attached hydrogen (secondary N) is 1. The highest BCUT2D eigenvalue weighted by Gasteiger charge is 2.37. The van der Waals surface area contributed by atoms with E-state index in [0.29, 0.717) is 5.92 Å². The van der Waals surface area contributed by atoms with Gasteiger partial charge in [-0.25, -0.2) is 4.99 Å². The first-order valence-electron chi connectivity index (χ1n) is 17.8. The zero-order valence-electron chi connectivity index (χ0n) is 27.9. The highest BCUT2D eigenvalue weighted by molar-refractivity contribution is 6.15. The Morgan fingerprint density at radius 3 is 2.08 bits per heavy atom. The first-order chi connectivity index (χ1) is 25.3. The fourth-order valence-corrected chi connectivity index (χ4v) is 8.78. The predicted molar refractivity (Wildman–Crippen MR) is 214 cm³/mol. The molecule has 6 aromatic carbocycles. The van der Waals surface area contributed by atoms with Gasteiger partial charge in [-0.15, -0.1) is 0 Å². The summed E-state index contributed by atoms with van der Waals surface area (Å²) < 4.78 is 2.49. The molecule has 4 aliphatic rings. The van der Waals surface area contributed by atoms with E-state index >= 15 is 0 Å². The van der Waals surface area contributed by atoms with E-state index in [1.165, 1.54) is 54.8 Å². The second-order valence-electron chi connectivity index (χ2n) is 14.0. The van der Waals surface area contributed by atoms with Gasteiger partial charge in [0.05, 0.1) is 34.4 Å². The molecule has 3 heteroatoms. The van der Waals surface area contributed by atoms with Crippen molar-refractivity contribution in [2.24, 2.45) is 4.99 Å².